The molecule has 16 heavy (non-hydrogen) atoms. The minimum absolute atomic E-state index is 0.480. The van der Waals surface area contributed by atoms with E-state index in [0.29, 0.717) is 0 Å². The Labute approximate surface area is 95.7 Å². The largest absolute Gasteiger partial charge is 0.359 e. The maximum absolute atomic E-state index is 10.4. The SMILES string of the molecule is CC(=O)CC(=O)NS(=O)(=O)O.CCN(C)C. The summed E-state index contributed by atoms with van der Waals surface area (Å²) >= 11 is 0. The lowest BCUT2D eigenvalue weighted by Gasteiger charge is -2.00. The molecular formula is C8H18N2O5S. The lowest BCUT2D eigenvalue weighted by atomic mass is 10.3. The zero-order chi connectivity index (χ0) is 13.4. The first-order valence-corrected chi connectivity index (χ1v) is 5.94. The van der Waals surface area contributed by atoms with Crippen molar-refractivity contribution in [3.8, 4) is 0 Å². The number of hydrogen-bond acceptors (Lipinski definition) is 5. The average Bonchev–Trinajstić information content (AvgIpc) is 1.99. The molecule has 2 N–H and O–H groups in total. The third-order valence-electron chi connectivity index (χ3n) is 1.28. The van der Waals surface area contributed by atoms with Gasteiger partial charge in [0.15, 0.2) is 0 Å². The number of rotatable bonds is 4. The predicted molar refractivity (Wildman–Crippen MR) is 59.2 cm³/mol. The molecule has 0 rings (SSSR count). The summed E-state index contributed by atoms with van der Waals surface area (Å²) in [6, 6.07) is 0. The Kier molecular flexibility index (Phi) is 8.92. The molecule has 0 aliphatic carbocycles. The Hall–Kier alpha value is -0.990. The molecule has 0 aliphatic rings. The number of hydrogen-bond donors (Lipinski definition) is 2. The molecule has 0 radical (unpaired) electrons. The van der Waals surface area contributed by atoms with E-state index < -0.39 is 28.4 Å². The van der Waals surface area contributed by atoms with Crippen LogP contribution in [0.1, 0.15) is 20.3 Å². The molecule has 7 nitrogen and oxygen atoms in total. The minimum Gasteiger partial charge on any atom is -0.310 e. The van der Waals surface area contributed by atoms with Crippen LogP contribution in [0.25, 0.3) is 0 Å². The fourth-order valence-corrected chi connectivity index (χ4v) is 0.766. The van der Waals surface area contributed by atoms with Crippen LogP contribution in [0.4, 0.5) is 0 Å². The second kappa shape index (κ2) is 8.20. The van der Waals surface area contributed by atoms with Gasteiger partial charge < -0.3 is 4.90 Å². The summed E-state index contributed by atoms with van der Waals surface area (Å²) in [6.07, 6.45) is -0.556. The molecule has 0 bridgehead atoms. The molecule has 0 saturated carbocycles. The Morgan fingerprint density at radius 1 is 1.31 bits per heavy atom. The summed E-state index contributed by atoms with van der Waals surface area (Å²) in [6.45, 7) is 4.39. The Morgan fingerprint density at radius 2 is 1.69 bits per heavy atom. The number of ketones is 1. The number of carbonyl (C=O) groups is 2. The monoisotopic (exact) mass is 254 g/mol. The number of nitrogens with one attached hydrogen (secondary N) is 1. The van der Waals surface area contributed by atoms with Crippen molar-refractivity contribution in [3.05, 3.63) is 0 Å². The van der Waals surface area contributed by atoms with Gasteiger partial charge in [-0.25, -0.2) is 4.72 Å². The van der Waals surface area contributed by atoms with Crippen LogP contribution in [0.2, 0.25) is 0 Å². The highest BCUT2D eigenvalue weighted by Crippen LogP contribution is 1.83. The van der Waals surface area contributed by atoms with Crippen LogP contribution >= 0.6 is 0 Å². The quantitative estimate of drug-likeness (QED) is 0.515. The van der Waals surface area contributed by atoms with Crippen molar-refractivity contribution < 1.29 is 22.6 Å². The molecule has 0 spiro atoms. The fraction of sp³-hybridized carbons (Fsp3) is 0.750. The number of Topliss-reactive ketones (excluding diaryl/α,β-unsaturated/α-hetero) is 1. The van der Waals surface area contributed by atoms with Gasteiger partial charge in [-0.1, -0.05) is 6.92 Å². The number of carbonyl (C=O) groups excluding carboxylic acids is 2. The first kappa shape index (κ1) is 17.4. The Morgan fingerprint density at radius 3 is 1.88 bits per heavy atom. The van der Waals surface area contributed by atoms with Gasteiger partial charge in [0.25, 0.3) is 0 Å². The van der Waals surface area contributed by atoms with Gasteiger partial charge in [0.05, 0.1) is 6.42 Å². The molecule has 8 heteroatoms. The van der Waals surface area contributed by atoms with Crippen molar-refractivity contribution in [2.24, 2.45) is 0 Å². The summed E-state index contributed by atoms with van der Waals surface area (Å²) in [5.41, 5.74) is 0. The van der Waals surface area contributed by atoms with Gasteiger partial charge in [0.1, 0.15) is 5.78 Å². The van der Waals surface area contributed by atoms with E-state index in [2.05, 4.69) is 25.9 Å². The van der Waals surface area contributed by atoms with E-state index in [1.807, 2.05) is 0 Å². The van der Waals surface area contributed by atoms with Gasteiger partial charge in [-0.2, -0.15) is 8.42 Å². The van der Waals surface area contributed by atoms with E-state index in [1.165, 1.54) is 4.72 Å². The standard InChI is InChI=1S/C4H7NO5S.C4H11N/c1-3(6)2-4(7)5-11(8,9)10;1-4-5(2)3/h2H2,1H3,(H,5,7)(H,8,9,10);4H2,1-3H3. The molecule has 0 aromatic heterocycles. The predicted octanol–water partition coefficient (Wildman–Crippen LogP) is -0.548. The van der Waals surface area contributed by atoms with Crippen LogP contribution in [-0.4, -0.2) is 50.2 Å². The van der Waals surface area contributed by atoms with Crippen molar-refractivity contribution in [3.63, 3.8) is 0 Å². The first-order chi connectivity index (χ1) is 7.08. The van der Waals surface area contributed by atoms with E-state index in [-0.39, 0.29) is 0 Å². The van der Waals surface area contributed by atoms with Crippen LogP contribution in [0.3, 0.4) is 0 Å². The van der Waals surface area contributed by atoms with Crippen LogP contribution in [0.15, 0.2) is 0 Å². The molecule has 0 aliphatic heterocycles. The third kappa shape index (κ3) is 18.7. The zero-order valence-corrected chi connectivity index (χ0v) is 10.7. The normalized spacial score (nSPS) is 10.4. The highest BCUT2D eigenvalue weighted by atomic mass is 32.2. The molecule has 96 valence electrons. The van der Waals surface area contributed by atoms with E-state index in [0.717, 1.165) is 13.5 Å². The van der Waals surface area contributed by atoms with Crippen molar-refractivity contribution in [2.45, 2.75) is 20.3 Å². The second-order valence-electron chi connectivity index (χ2n) is 3.27. The molecule has 0 saturated heterocycles. The molecule has 0 fully saturated rings. The summed E-state index contributed by atoms with van der Waals surface area (Å²) in [5.74, 6) is -1.52. The van der Waals surface area contributed by atoms with Crippen molar-refractivity contribution in [2.75, 3.05) is 20.6 Å². The summed E-state index contributed by atoms with van der Waals surface area (Å²) in [5, 5.41) is 0. The number of nitrogens with zero attached hydrogens (tertiary/aromatic N) is 1. The zero-order valence-electron chi connectivity index (χ0n) is 9.85. The molecule has 0 heterocycles. The minimum atomic E-state index is -4.52. The van der Waals surface area contributed by atoms with Gasteiger partial charge in [-0.05, 0) is 27.6 Å². The third-order valence-corrected chi connectivity index (χ3v) is 1.77. The molecule has 0 aromatic carbocycles. The average molecular weight is 254 g/mol. The van der Waals surface area contributed by atoms with E-state index in [4.69, 9.17) is 4.55 Å². The first-order valence-electron chi connectivity index (χ1n) is 4.50. The van der Waals surface area contributed by atoms with Gasteiger partial charge >= 0.3 is 10.3 Å². The smallest absolute Gasteiger partial charge is 0.310 e. The van der Waals surface area contributed by atoms with Crippen molar-refractivity contribution in [1.29, 1.82) is 0 Å². The van der Waals surface area contributed by atoms with Gasteiger partial charge in [0, 0.05) is 0 Å². The Balaban J connectivity index is 0. The van der Waals surface area contributed by atoms with Crippen molar-refractivity contribution in [1.82, 2.24) is 9.62 Å². The maximum atomic E-state index is 10.4. The molecule has 0 aromatic rings. The van der Waals surface area contributed by atoms with E-state index in [9.17, 15) is 18.0 Å². The van der Waals surface area contributed by atoms with Crippen LogP contribution < -0.4 is 4.72 Å². The van der Waals surface area contributed by atoms with Crippen LogP contribution in [0, 0.1) is 0 Å². The fourth-order valence-electron chi connectivity index (χ4n) is 0.406. The van der Waals surface area contributed by atoms with Crippen LogP contribution in [-0.2, 0) is 19.9 Å². The summed E-state index contributed by atoms with van der Waals surface area (Å²) < 4.78 is 29.1. The highest BCUT2D eigenvalue weighted by Gasteiger charge is 2.11. The second-order valence-corrected chi connectivity index (χ2v) is 4.43. The summed E-state index contributed by atoms with van der Waals surface area (Å²) in [7, 11) is -0.410. The maximum Gasteiger partial charge on any atom is 0.359 e. The Bertz CT molecular complexity index is 323. The topological polar surface area (TPSA) is 104 Å². The molecular weight excluding hydrogens is 236 g/mol. The van der Waals surface area contributed by atoms with Gasteiger partial charge in [-0.3, -0.25) is 14.1 Å². The van der Waals surface area contributed by atoms with Crippen LogP contribution in [0.5, 0.6) is 0 Å². The number of amides is 1. The lowest BCUT2D eigenvalue weighted by Crippen LogP contribution is -2.30. The van der Waals surface area contributed by atoms with Crippen molar-refractivity contribution >= 4 is 22.0 Å². The summed E-state index contributed by atoms with van der Waals surface area (Å²) in [4.78, 5) is 22.7. The highest BCUT2D eigenvalue weighted by molar-refractivity contribution is 7.84. The molecule has 1 amide bonds. The van der Waals surface area contributed by atoms with E-state index >= 15 is 0 Å². The van der Waals surface area contributed by atoms with E-state index in [1.54, 1.807) is 0 Å². The van der Waals surface area contributed by atoms with Gasteiger partial charge in [-0.15, -0.1) is 0 Å². The van der Waals surface area contributed by atoms with Gasteiger partial charge in [0.2, 0.25) is 5.91 Å². The molecule has 0 unspecified atom stereocenters. The lowest BCUT2D eigenvalue weighted by molar-refractivity contribution is -0.126. The molecule has 0 atom stereocenters.